The largest absolute Gasteiger partial charge is 0.460 e. The van der Waals surface area contributed by atoms with Crippen LogP contribution >= 0.6 is 0 Å². The van der Waals surface area contributed by atoms with Crippen molar-refractivity contribution < 1.29 is 74.6 Å². The minimum Gasteiger partial charge on any atom is -0.345 e. The Labute approximate surface area is 180 Å². The number of fused-ring (bicyclic) bond motifs is 1. The summed E-state index contributed by atoms with van der Waals surface area (Å²) in [5.41, 5.74) is -2.32. The Bertz CT molecular complexity index is 1070. The Morgan fingerprint density at radius 2 is 1.00 bits per heavy atom. The van der Waals surface area contributed by atoms with E-state index in [1.54, 1.807) is 0 Å². The Morgan fingerprint density at radius 3 is 1.46 bits per heavy atom. The molecule has 1 aromatic carbocycles. The van der Waals surface area contributed by atoms with Crippen molar-refractivity contribution in [3.8, 4) is 0 Å². The van der Waals surface area contributed by atoms with Gasteiger partial charge in [-0.2, -0.15) is 74.6 Å². The van der Waals surface area contributed by atoms with E-state index in [1.807, 2.05) is 0 Å². The number of para-hydroxylation sites is 1. The van der Waals surface area contributed by atoms with Crippen LogP contribution in [0.3, 0.4) is 0 Å². The summed E-state index contributed by atoms with van der Waals surface area (Å²) >= 11 is 0. The lowest BCUT2D eigenvalue weighted by atomic mass is 9.90. The highest BCUT2D eigenvalue weighted by Crippen LogP contribution is 2.63. The fraction of sp³-hybridized carbons (Fsp3) is 0.533. The van der Waals surface area contributed by atoms with Crippen LogP contribution in [0.4, 0.5) is 80.3 Å². The first-order valence-electron chi connectivity index (χ1n) is 8.23. The summed E-state index contributed by atoms with van der Waals surface area (Å²) in [4.78, 5) is 5.48. The smallest absolute Gasteiger partial charge is 0.345 e. The molecule has 0 aliphatic rings. The van der Waals surface area contributed by atoms with Crippen LogP contribution in [-0.4, -0.2) is 57.7 Å². The number of aromatic amines is 1. The molecule has 20 heteroatoms. The molecular weight excluding hydrogens is 545 g/mol. The van der Waals surface area contributed by atoms with Crippen LogP contribution in [0.15, 0.2) is 24.5 Å². The number of aromatic nitrogens is 2. The van der Waals surface area contributed by atoms with Gasteiger partial charge in [-0.1, -0.05) is 6.07 Å². The normalized spacial score (nSPS) is 15.6. The minimum absolute atomic E-state index is 0.258. The second-order valence-electron chi connectivity index (χ2n) is 6.75. The van der Waals surface area contributed by atoms with Gasteiger partial charge in [-0.15, -0.1) is 0 Å². The quantitative estimate of drug-likeness (QED) is 0.276. The van der Waals surface area contributed by atoms with E-state index in [1.165, 1.54) is 0 Å². The average molecular weight is 551 g/mol. The molecule has 0 amide bonds. The summed E-state index contributed by atoms with van der Waals surface area (Å²) < 4.78 is 225. The molecule has 0 atom stereocenters. The molecule has 0 aliphatic carbocycles. The lowest BCUT2D eigenvalue weighted by Gasteiger charge is -2.42. The predicted octanol–water partition coefficient (Wildman–Crippen LogP) is 6.94. The predicted molar refractivity (Wildman–Crippen MR) is 80.4 cm³/mol. The van der Waals surface area contributed by atoms with Gasteiger partial charge in [0.1, 0.15) is 5.52 Å². The van der Waals surface area contributed by atoms with Gasteiger partial charge in [-0.25, -0.2) is 4.98 Å². The van der Waals surface area contributed by atoms with E-state index in [0.29, 0.717) is 6.07 Å². The van der Waals surface area contributed by atoms with E-state index in [4.69, 9.17) is 0 Å². The Kier molecular flexibility index (Phi) is 6.24. The molecule has 0 saturated heterocycles. The van der Waals surface area contributed by atoms with Crippen molar-refractivity contribution in [3.05, 3.63) is 24.5 Å². The molecule has 0 saturated carbocycles. The van der Waals surface area contributed by atoms with Crippen molar-refractivity contribution in [3.63, 3.8) is 0 Å². The third-order valence-electron chi connectivity index (χ3n) is 4.46. The fourth-order valence-electron chi connectivity index (χ4n) is 2.48. The molecular formula is C15H6F17N3. The highest BCUT2D eigenvalue weighted by atomic mass is 19.4. The van der Waals surface area contributed by atoms with Crippen molar-refractivity contribution in [2.75, 3.05) is 5.32 Å². The first kappa shape index (κ1) is 28.5. The lowest BCUT2D eigenvalue weighted by molar-refractivity contribution is -0.460. The molecule has 0 bridgehead atoms. The summed E-state index contributed by atoms with van der Waals surface area (Å²) in [5, 5.41) is 0.271. The summed E-state index contributed by atoms with van der Waals surface area (Å²) in [6, 6.07) is -4.52. The van der Waals surface area contributed by atoms with E-state index in [2.05, 4.69) is 9.97 Å². The number of halogens is 17. The third kappa shape index (κ3) is 3.69. The van der Waals surface area contributed by atoms with Gasteiger partial charge in [-0.3, -0.25) is 0 Å². The summed E-state index contributed by atoms with van der Waals surface area (Å²) in [7, 11) is 0. The molecule has 3 nitrogen and oxygen atoms in total. The van der Waals surface area contributed by atoms with Crippen LogP contribution in [-0.2, 0) is 0 Å². The number of rotatable bonds is 8. The number of anilines is 1. The lowest BCUT2D eigenvalue weighted by Crippen LogP contribution is -2.75. The standard InChI is InChI=1S/C15H6F17N3/c16-8(17,10(20,21)12(24,25)14(28,29)30)9(18,19)11(22,23)13(26,27)15(31,32)35-6-3-1-2-5-7(6)34-4-33-5/h1-4,35H,(H,33,34). The zero-order chi connectivity index (χ0) is 27.7. The first-order chi connectivity index (χ1) is 15.3. The zero-order valence-corrected chi connectivity index (χ0v) is 15.7. The van der Waals surface area contributed by atoms with Crippen molar-refractivity contribution in [1.82, 2.24) is 9.97 Å². The molecule has 0 fully saturated rings. The molecule has 0 unspecified atom stereocenters. The van der Waals surface area contributed by atoms with Gasteiger partial charge in [0.15, 0.2) is 0 Å². The fourth-order valence-corrected chi connectivity index (χ4v) is 2.48. The molecule has 35 heavy (non-hydrogen) atoms. The van der Waals surface area contributed by atoms with Crippen LogP contribution < -0.4 is 5.32 Å². The number of hydrogen-bond donors (Lipinski definition) is 2. The molecule has 1 aromatic heterocycles. The Hall–Kier alpha value is -2.70. The maximum Gasteiger partial charge on any atom is 0.460 e. The van der Waals surface area contributed by atoms with Crippen LogP contribution in [0.2, 0.25) is 0 Å². The van der Waals surface area contributed by atoms with E-state index >= 15 is 0 Å². The number of benzene rings is 1. The van der Waals surface area contributed by atoms with Crippen molar-refractivity contribution >= 4 is 16.7 Å². The van der Waals surface area contributed by atoms with Gasteiger partial charge >= 0.3 is 47.8 Å². The summed E-state index contributed by atoms with van der Waals surface area (Å²) in [6.45, 7) is 0. The molecule has 2 rings (SSSR count). The average Bonchev–Trinajstić information content (AvgIpc) is 3.15. The third-order valence-corrected chi connectivity index (χ3v) is 4.46. The maximum absolute atomic E-state index is 14.0. The van der Waals surface area contributed by atoms with E-state index in [9.17, 15) is 74.6 Å². The number of hydrogen-bond acceptors (Lipinski definition) is 2. The monoisotopic (exact) mass is 551 g/mol. The topological polar surface area (TPSA) is 40.7 Å². The highest BCUT2D eigenvalue weighted by molar-refractivity contribution is 5.88. The SMILES string of the molecule is FC(F)(F)C(F)(F)C(F)(F)C(F)(F)C(F)(F)C(F)(F)C(F)(F)C(F)(F)Nc1cccc2[nH]cnc12. The van der Waals surface area contributed by atoms with Crippen molar-refractivity contribution in [2.24, 2.45) is 0 Å². The highest BCUT2D eigenvalue weighted by Gasteiger charge is 2.95. The van der Waals surface area contributed by atoms with Gasteiger partial charge in [-0.05, 0) is 12.1 Å². The van der Waals surface area contributed by atoms with Gasteiger partial charge in [0.2, 0.25) is 0 Å². The number of H-pyrrole nitrogens is 1. The van der Waals surface area contributed by atoms with Crippen LogP contribution in [0.1, 0.15) is 0 Å². The Morgan fingerprint density at radius 1 is 0.571 bits per heavy atom. The molecule has 0 radical (unpaired) electrons. The minimum atomic E-state index is -8.66. The zero-order valence-electron chi connectivity index (χ0n) is 15.7. The van der Waals surface area contributed by atoms with E-state index in [0.717, 1.165) is 18.5 Å². The molecule has 1 heterocycles. The first-order valence-corrected chi connectivity index (χ1v) is 8.23. The van der Waals surface area contributed by atoms with Crippen molar-refractivity contribution in [2.45, 2.75) is 47.8 Å². The van der Waals surface area contributed by atoms with E-state index in [-0.39, 0.29) is 10.8 Å². The van der Waals surface area contributed by atoms with Crippen LogP contribution in [0.5, 0.6) is 0 Å². The second kappa shape index (κ2) is 7.65. The van der Waals surface area contributed by atoms with Crippen molar-refractivity contribution in [1.29, 1.82) is 0 Å². The van der Waals surface area contributed by atoms with E-state index < -0.39 is 59.0 Å². The number of alkyl halides is 17. The molecule has 200 valence electrons. The van der Waals surface area contributed by atoms with Gasteiger partial charge < -0.3 is 10.3 Å². The van der Waals surface area contributed by atoms with Gasteiger partial charge in [0.05, 0.1) is 17.5 Å². The molecule has 0 aliphatic heterocycles. The summed E-state index contributed by atoms with van der Waals surface area (Å²) in [5.74, 6) is -50.2. The van der Waals surface area contributed by atoms with Gasteiger partial charge in [0.25, 0.3) is 0 Å². The molecule has 2 aromatic rings. The molecule has 0 spiro atoms. The maximum atomic E-state index is 14.0. The molecule has 2 N–H and O–H groups in total. The second-order valence-corrected chi connectivity index (χ2v) is 6.75. The number of imidazole rings is 1. The number of nitrogens with one attached hydrogen (secondary N) is 2. The van der Waals surface area contributed by atoms with Gasteiger partial charge in [0, 0.05) is 0 Å². The number of nitrogens with zero attached hydrogens (tertiary/aromatic N) is 1. The Balaban J connectivity index is 2.59. The summed E-state index contributed by atoms with van der Waals surface area (Å²) in [6.07, 6.45) is -7.06. The van der Waals surface area contributed by atoms with Crippen LogP contribution in [0, 0.1) is 0 Å². The van der Waals surface area contributed by atoms with Crippen LogP contribution in [0.25, 0.3) is 11.0 Å².